The molecule has 150 valence electrons. The van der Waals surface area contributed by atoms with Crippen LogP contribution >= 0.6 is 0 Å². The molecule has 0 atom stereocenters. The topological polar surface area (TPSA) is 32.8 Å². The van der Waals surface area contributed by atoms with E-state index in [9.17, 15) is 4.79 Å². The van der Waals surface area contributed by atoms with Crippen molar-refractivity contribution in [1.82, 2.24) is 4.90 Å². The number of carbonyl (C=O) groups excluding carboxylic acids is 1. The summed E-state index contributed by atoms with van der Waals surface area (Å²) in [5.41, 5.74) is 2.69. The standard InChI is InChI=1S/C24H32N2O2/c1-4-24(5-2,25(3)19-20-9-7-6-8-10-20)23(27)21-11-13-22(14-12-21)26-15-17-28-18-16-26/h6-14H,4-5,15-19H2,1-3H3. The quantitative estimate of drug-likeness (QED) is 0.636. The van der Waals surface area contributed by atoms with Gasteiger partial charge in [-0.25, -0.2) is 0 Å². The number of ketones is 1. The molecule has 3 rings (SSSR count). The minimum Gasteiger partial charge on any atom is -0.378 e. The average Bonchev–Trinajstić information content (AvgIpc) is 2.76. The molecule has 0 spiro atoms. The smallest absolute Gasteiger partial charge is 0.183 e. The molecule has 0 aliphatic carbocycles. The van der Waals surface area contributed by atoms with Crippen LogP contribution in [-0.4, -0.2) is 49.6 Å². The Hall–Kier alpha value is -2.17. The van der Waals surface area contributed by atoms with Crippen LogP contribution in [0.2, 0.25) is 0 Å². The van der Waals surface area contributed by atoms with E-state index in [0.717, 1.165) is 56.9 Å². The predicted octanol–water partition coefficient (Wildman–Crippen LogP) is 4.40. The highest BCUT2D eigenvalue weighted by Crippen LogP contribution is 2.30. The van der Waals surface area contributed by atoms with Gasteiger partial charge in [-0.15, -0.1) is 0 Å². The van der Waals surface area contributed by atoms with Gasteiger partial charge in [0, 0.05) is 30.9 Å². The third kappa shape index (κ3) is 4.29. The van der Waals surface area contributed by atoms with E-state index in [4.69, 9.17) is 4.74 Å². The SMILES string of the molecule is CCC(CC)(C(=O)c1ccc(N2CCOCC2)cc1)N(C)Cc1ccccc1. The molecule has 2 aromatic carbocycles. The van der Waals surface area contributed by atoms with E-state index in [1.54, 1.807) is 0 Å². The number of rotatable bonds is 8. The van der Waals surface area contributed by atoms with Gasteiger partial charge in [0.2, 0.25) is 0 Å². The lowest BCUT2D eigenvalue weighted by Gasteiger charge is -2.39. The van der Waals surface area contributed by atoms with Crippen LogP contribution in [0.1, 0.15) is 42.6 Å². The van der Waals surface area contributed by atoms with Crippen molar-refractivity contribution < 1.29 is 9.53 Å². The predicted molar refractivity (Wildman–Crippen MR) is 115 cm³/mol. The molecule has 1 heterocycles. The molecule has 4 heteroatoms. The lowest BCUT2D eigenvalue weighted by atomic mass is 9.82. The largest absolute Gasteiger partial charge is 0.378 e. The summed E-state index contributed by atoms with van der Waals surface area (Å²) in [5.74, 6) is 0.212. The van der Waals surface area contributed by atoms with Crippen molar-refractivity contribution in [1.29, 1.82) is 0 Å². The zero-order valence-corrected chi connectivity index (χ0v) is 17.4. The van der Waals surface area contributed by atoms with Crippen molar-refractivity contribution in [3.63, 3.8) is 0 Å². The van der Waals surface area contributed by atoms with Gasteiger partial charge in [0.05, 0.1) is 18.8 Å². The Bertz CT molecular complexity index is 748. The normalized spacial score (nSPS) is 15.1. The Morgan fingerprint density at radius 3 is 2.18 bits per heavy atom. The first kappa shape index (κ1) is 20.6. The molecule has 0 unspecified atom stereocenters. The van der Waals surface area contributed by atoms with Gasteiger partial charge in [0.1, 0.15) is 0 Å². The van der Waals surface area contributed by atoms with Crippen molar-refractivity contribution >= 4 is 11.5 Å². The Kier molecular flexibility index (Phi) is 6.87. The number of hydrogen-bond acceptors (Lipinski definition) is 4. The number of benzene rings is 2. The van der Waals surface area contributed by atoms with Crippen molar-refractivity contribution in [2.45, 2.75) is 38.8 Å². The van der Waals surface area contributed by atoms with Gasteiger partial charge in [0.25, 0.3) is 0 Å². The number of morpholine rings is 1. The number of nitrogens with zero attached hydrogens (tertiary/aromatic N) is 2. The Morgan fingerprint density at radius 1 is 1.00 bits per heavy atom. The molecule has 4 nitrogen and oxygen atoms in total. The monoisotopic (exact) mass is 380 g/mol. The number of carbonyl (C=O) groups is 1. The second-order valence-corrected chi connectivity index (χ2v) is 7.56. The fraction of sp³-hybridized carbons (Fsp3) is 0.458. The van der Waals surface area contributed by atoms with Crippen LogP contribution in [0.3, 0.4) is 0 Å². The third-order valence-corrected chi connectivity index (χ3v) is 6.09. The van der Waals surface area contributed by atoms with Crippen LogP contribution in [-0.2, 0) is 11.3 Å². The number of anilines is 1. The lowest BCUT2D eigenvalue weighted by molar-refractivity contribution is 0.0566. The number of Topliss-reactive ketones (excluding diaryl/α,β-unsaturated/α-hetero) is 1. The summed E-state index contributed by atoms with van der Waals surface area (Å²) >= 11 is 0. The first-order valence-corrected chi connectivity index (χ1v) is 10.3. The highest BCUT2D eigenvalue weighted by molar-refractivity contribution is 6.03. The van der Waals surface area contributed by atoms with Gasteiger partial charge >= 0.3 is 0 Å². The van der Waals surface area contributed by atoms with Crippen LogP contribution in [0.5, 0.6) is 0 Å². The third-order valence-electron chi connectivity index (χ3n) is 6.09. The highest BCUT2D eigenvalue weighted by atomic mass is 16.5. The summed E-state index contributed by atoms with van der Waals surface area (Å²) < 4.78 is 5.43. The van der Waals surface area contributed by atoms with Crippen LogP contribution in [0.25, 0.3) is 0 Å². The first-order chi connectivity index (χ1) is 13.6. The van der Waals surface area contributed by atoms with E-state index < -0.39 is 5.54 Å². The summed E-state index contributed by atoms with van der Waals surface area (Å²) in [4.78, 5) is 18.1. The van der Waals surface area contributed by atoms with E-state index in [-0.39, 0.29) is 5.78 Å². The summed E-state index contributed by atoms with van der Waals surface area (Å²) in [6.07, 6.45) is 1.58. The fourth-order valence-electron chi connectivity index (χ4n) is 4.21. The Balaban J connectivity index is 1.79. The van der Waals surface area contributed by atoms with Crippen molar-refractivity contribution in [2.75, 3.05) is 38.3 Å². The molecule has 0 bridgehead atoms. The molecule has 0 amide bonds. The maximum atomic E-state index is 13.6. The van der Waals surface area contributed by atoms with E-state index >= 15 is 0 Å². The zero-order chi connectivity index (χ0) is 20.0. The van der Waals surface area contributed by atoms with E-state index in [1.807, 2.05) is 18.2 Å². The maximum absolute atomic E-state index is 13.6. The first-order valence-electron chi connectivity index (χ1n) is 10.3. The second-order valence-electron chi connectivity index (χ2n) is 7.56. The number of ether oxygens (including phenoxy) is 1. The highest BCUT2D eigenvalue weighted by Gasteiger charge is 2.39. The van der Waals surface area contributed by atoms with Gasteiger partial charge in [0.15, 0.2) is 5.78 Å². The zero-order valence-electron chi connectivity index (χ0n) is 17.4. The summed E-state index contributed by atoms with van der Waals surface area (Å²) in [6.45, 7) is 8.33. The van der Waals surface area contributed by atoms with Gasteiger partial charge in [-0.1, -0.05) is 44.2 Å². The maximum Gasteiger partial charge on any atom is 0.183 e. The number of likely N-dealkylation sites (N-methyl/N-ethyl adjacent to an activating group) is 1. The van der Waals surface area contributed by atoms with Crippen molar-refractivity contribution in [3.8, 4) is 0 Å². The molecule has 28 heavy (non-hydrogen) atoms. The molecule has 1 fully saturated rings. The van der Waals surface area contributed by atoms with E-state index in [0.29, 0.717) is 0 Å². The average molecular weight is 381 g/mol. The lowest BCUT2D eigenvalue weighted by Crippen LogP contribution is -2.51. The minimum absolute atomic E-state index is 0.212. The van der Waals surface area contributed by atoms with Crippen molar-refractivity contribution in [2.24, 2.45) is 0 Å². The molecule has 1 aliphatic rings. The van der Waals surface area contributed by atoms with E-state index in [1.165, 1.54) is 5.56 Å². The molecule has 1 saturated heterocycles. The van der Waals surface area contributed by atoms with Gasteiger partial charge in [-0.2, -0.15) is 0 Å². The molecule has 0 saturated carbocycles. The molecule has 2 aromatic rings. The molecular weight excluding hydrogens is 348 g/mol. The molecular formula is C24H32N2O2. The van der Waals surface area contributed by atoms with Crippen LogP contribution in [0, 0.1) is 0 Å². The van der Waals surface area contributed by atoms with Gasteiger partial charge < -0.3 is 9.64 Å². The molecule has 0 N–H and O–H groups in total. The van der Waals surface area contributed by atoms with Gasteiger partial charge in [-0.3, -0.25) is 9.69 Å². The molecule has 0 aromatic heterocycles. The van der Waals surface area contributed by atoms with Crippen LogP contribution in [0.15, 0.2) is 54.6 Å². The summed E-state index contributed by atoms with van der Waals surface area (Å²) in [5, 5.41) is 0. The fourth-order valence-corrected chi connectivity index (χ4v) is 4.21. The number of hydrogen-bond donors (Lipinski definition) is 0. The summed E-state index contributed by atoms with van der Waals surface area (Å²) in [7, 11) is 2.07. The van der Waals surface area contributed by atoms with E-state index in [2.05, 4.69) is 67.1 Å². The van der Waals surface area contributed by atoms with Crippen LogP contribution < -0.4 is 4.90 Å². The minimum atomic E-state index is -0.490. The van der Waals surface area contributed by atoms with Crippen molar-refractivity contribution in [3.05, 3.63) is 65.7 Å². The molecule has 1 aliphatic heterocycles. The van der Waals surface area contributed by atoms with Crippen LogP contribution in [0.4, 0.5) is 5.69 Å². The van der Waals surface area contributed by atoms with Gasteiger partial charge in [-0.05, 0) is 49.7 Å². The second kappa shape index (κ2) is 9.35. The Morgan fingerprint density at radius 2 is 1.61 bits per heavy atom. The summed E-state index contributed by atoms with van der Waals surface area (Å²) in [6, 6.07) is 18.5. The Labute approximate surface area is 169 Å². The molecule has 0 radical (unpaired) electrons.